The lowest BCUT2D eigenvalue weighted by atomic mass is 10.1. The van der Waals surface area contributed by atoms with Crippen molar-refractivity contribution in [1.29, 1.82) is 0 Å². The van der Waals surface area contributed by atoms with Crippen molar-refractivity contribution in [3.63, 3.8) is 0 Å². The summed E-state index contributed by atoms with van der Waals surface area (Å²) in [6, 6.07) is 11.6. The highest BCUT2D eigenvalue weighted by atomic mass is 16.6. The molecule has 0 atom stereocenters. The number of nitro groups is 1. The van der Waals surface area contributed by atoms with E-state index < -0.39 is 0 Å². The summed E-state index contributed by atoms with van der Waals surface area (Å²) in [6.45, 7) is 6.71. The highest BCUT2D eigenvalue weighted by Gasteiger charge is 2.12. The van der Waals surface area contributed by atoms with Crippen molar-refractivity contribution in [2.45, 2.75) is 33.7 Å². The molecule has 0 aromatic heterocycles. The second-order valence-corrected chi connectivity index (χ2v) is 5.24. The van der Waals surface area contributed by atoms with Crippen LogP contribution in [0.5, 0.6) is 0 Å². The molecule has 0 heterocycles. The van der Waals surface area contributed by atoms with E-state index >= 15 is 0 Å². The molecule has 4 nitrogen and oxygen atoms in total. The standard InChI is InChI=1S/C17H20N2O2/c1-4-14-7-8-16(10-17(14)19(20)21)18-11-15-9-12(2)5-6-13(15)3/h5-10,18H,4,11H2,1-3H3. The van der Waals surface area contributed by atoms with Crippen LogP contribution in [0.2, 0.25) is 0 Å². The van der Waals surface area contributed by atoms with Gasteiger partial charge in [0.1, 0.15) is 0 Å². The van der Waals surface area contributed by atoms with Gasteiger partial charge < -0.3 is 5.32 Å². The normalized spacial score (nSPS) is 10.4. The Balaban J connectivity index is 2.18. The van der Waals surface area contributed by atoms with Crippen molar-refractivity contribution in [2.24, 2.45) is 0 Å². The van der Waals surface area contributed by atoms with Crippen LogP contribution in [0.4, 0.5) is 11.4 Å². The van der Waals surface area contributed by atoms with E-state index in [0.717, 1.165) is 11.3 Å². The Kier molecular flexibility index (Phi) is 4.58. The van der Waals surface area contributed by atoms with Gasteiger partial charge in [-0.05, 0) is 37.5 Å². The van der Waals surface area contributed by atoms with Crippen molar-refractivity contribution in [3.8, 4) is 0 Å². The third-order valence-electron chi connectivity index (χ3n) is 3.65. The molecule has 0 saturated heterocycles. The van der Waals surface area contributed by atoms with Crippen LogP contribution in [0.25, 0.3) is 0 Å². The number of nitrogens with zero attached hydrogens (tertiary/aromatic N) is 1. The van der Waals surface area contributed by atoms with Crippen LogP contribution in [0, 0.1) is 24.0 Å². The highest BCUT2D eigenvalue weighted by molar-refractivity contribution is 5.55. The van der Waals surface area contributed by atoms with Gasteiger partial charge in [0, 0.05) is 23.9 Å². The SMILES string of the molecule is CCc1ccc(NCc2cc(C)ccc2C)cc1[N+](=O)[O-]. The monoisotopic (exact) mass is 284 g/mol. The van der Waals surface area contributed by atoms with Crippen LogP contribution in [0.3, 0.4) is 0 Å². The van der Waals surface area contributed by atoms with Crippen LogP contribution in [-0.4, -0.2) is 4.92 Å². The number of nitrogens with one attached hydrogen (secondary N) is 1. The first kappa shape index (κ1) is 15.0. The van der Waals surface area contributed by atoms with Crippen molar-refractivity contribution in [2.75, 3.05) is 5.32 Å². The van der Waals surface area contributed by atoms with Gasteiger partial charge in [0.2, 0.25) is 0 Å². The van der Waals surface area contributed by atoms with Crippen LogP contribution < -0.4 is 5.32 Å². The Morgan fingerprint density at radius 1 is 1.10 bits per heavy atom. The Labute approximate surface area is 125 Å². The third-order valence-corrected chi connectivity index (χ3v) is 3.65. The molecular weight excluding hydrogens is 264 g/mol. The molecule has 4 heteroatoms. The quantitative estimate of drug-likeness (QED) is 0.654. The molecule has 2 aromatic rings. The highest BCUT2D eigenvalue weighted by Crippen LogP contribution is 2.24. The van der Waals surface area contributed by atoms with Gasteiger partial charge in [0.25, 0.3) is 5.69 Å². The molecule has 0 amide bonds. The molecule has 0 unspecified atom stereocenters. The first-order chi connectivity index (χ1) is 10.0. The molecule has 0 aliphatic heterocycles. The van der Waals surface area contributed by atoms with Gasteiger partial charge in [-0.15, -0.1) is 0 Å². The first-order valence-electron chi connectivity index (χ1n) is 7.08. The number of rotatable bonds is 5. The number of nitro benzene ring substituents is 1. The summed E-state index contributed by atoms with van der Waals surface area (Å²) < 4.78 is 0. The molecule has 110 valence electrons. The molecule has 0 bridgehead atoms. The summed E-state index contributed by atoms with van der Waals surface area (Å²) in [5.41, 5.74) is 5.36. The summed E-state index contributed by atoms with van der Waals surface area (Å²) in [7, 11) is 0. The number of hydrogen-bond donors (Lipinski definition) is 1. The fourth-order valence-electron chi connectivity index (χ4n) is 2.33. The van der Waals surface area contributed by atoms with E-state index in [-0.39, 0.29) is 10.6 Å². The number of benzene rings is 2. The maximum absolute atomic E-state index is 11.1. The van der Waals surface area contributed by atoms with E-state index in [1.165, 1.54) is 16.7 Å². The van der Waals surface area contributed by atoms with E-state index in [2.05, 4.69) is 37.4 Å². The van der Waals surface area contributed by atoms with E-state index in [1.807, 2.05) is 19.1 Å². The van der Waals surface area contributed by atoms with E-state index in [9.17, 15) is 10.1 Å². The van der Waals surface area contributed by atoms with E-state index in [0.29, 0.717) is 13.0 Å². The molecule has 0 aliphatic carbocycles. The van der Waals surface area contributed by atoms with Crippen molar-refractivity contribution in [3.05, 3.63) is 68.8 Å². The van der Waals surface area contributed by atoms with Crippen molar-refractivity contribution < 1.29 is 4.92 Å². The molecule has 0 aliphatic rings. The molecular formula is C17H20N2O2. The second kappa shape index (κ2) is 6.39. The lowest BCUT2D eigenvalue weighted by molar-refractivity contribution is -0.385. The van der Waals surface area contributed by atoms with Gasteiger partial charge in [-0.25, -0.2) is 0 Å². The van der Waals surface area contributed by atoms with Crippen LogP contribution >= 0.6 is 0 Å². The predicted octanol–water partition coefficient (Wildman–Crippen LogP) is 4.39. The van der Waals surface area contributed by atoms with Crippen LogP contribution in [0.15, 0.2) is 36.4 Å². The maximum Gasteiger partial charge on any atom is 0.274 e. The fourth-order valence-corrected chi connectivity index (χ4v) is 2.33. The van der Waals surface area contributed by atoms with Gasteiger partial charge in [0.05, 0.1) is 4.92 Å². The van der Waals surface area contributed by atoms with Gasteiger partial charge in [-0.2, -0.15) is 0 Å². The lowest BCUT2D eigenvalue weighted by Gasteiger charge is -2.11. The minimum Gasteiger partial charge on any atom is -0.381 e. The zero-order valence-electron chi connectivity index (χ0n) is 12.6. The summed E-state index contributed by atoms with van der Waals surface area (Å²) in [5.74, 6) is 0. The average molecular weight is 284 g/mol. The largest absolute Gasteiger partial charge is 0.381 e. The Hall–Kier alpha value is -2.36. The smallest absolute Gasteiger partial charge is 0.274 e. The van der Waals surface area contributed by atoms with Gasteiger partial charge in [0.15, 0.2) is 0 Å². The minimum absolute atomic E-state index is 0.184. The topological polar surface area (TPSA) is 55.2 Å². The molecule has 2 aromatic carbocycles. The number of hydrogen-bond acceptors (Lipinski definition) is 3. The fraction of sp³-hybridized carbons (Fsp3) is 0.294. The lowest BCUT2D eigenvalue weighted by Crippen LogP contribution is -2.03. The van der Waals surface area contributed by atoms with Gasteiger partial charge in [-0.1, -0.05) is 36.8 Å². The first-order valence-corrected chi connectivity index (χ1v) is 7.08. The van der Waals surface area contributed by atoms with Crippen LogP contribution in [0.1, 0.15) is 29.2 Å². The zero-order chi connectivity index (χ0) is 15.4. The number of aryl methyl sites for hydroxylation is 3. The minimum atomic E-state index is -0.318. The summed E-state index contributed by atoms with van der Waals surface area (Å²) in [6.07, 6.45) is 0.660. The predicted molar refractivity (Wildman–Crippen MR) is 85.7 cm³/mol. The summed E-state index contributed by atoms with van der Waals surface area (Å²) in [5, 5.41) is 14.4. The average Bonchev–Trinajstić information content (AvgIpc) is 2.47. The Morgan fingerprint density at radius 2 is 1.86 bits per heavy atom. The van der Waals surface area contributed by atoms with Gasteiger partial charge in [-0.3, -0.25) is 10.1 Å². The molecule has 1 N–H and O–H groups in total. The van der Waals surface area contributed by atoms with Crippen molar-refractivity contribution >= 4 is 11.4 Å². The number of anilines is 1. The molecule has 2 rings (SSSR count). The van der Waals surface area contributed by atoms with Crippen molar-refractivity contribution in [1.82, 2.24) is 0 Å². The molecule has 0 saturated carbocycles. The third kappa shape index (κ3) is 3.60. The van der Waals surface area contributed by atoms with E-state index in [4.69, 9.17) is 0 Å². The van der Waals surface area contributed by atoms with E-state index in [1.54, 1.807) is 6.07 Å². The van der Waals surface area contributed by atoms with Gasteiger partial charge >= 0.3 is 0 Å². The molecule has 21 heavy (non-hydrogen) atoms. The zero-order valence-corrected chi connectivity index (χ0v) is 12.6. The molecule has 0 fully saturated rings. The summed E-state index contributed by atoms with van der Waals surface area (Å²) >= 11 is 0. The second-order valence-electron chi connectivity index (χ2n) is 5.24. The molecule has 0 spiro atoms. The maximum atomic E-state index is 11.1. The Bertz CT molecular complexity index is 666. The molecule has 0 radical (unpaired) electrons. The summed E-state index contributed by atoms with van der Waals surface area (Å²) in [4.78, 5) is 10.8. The van der Waals surface area contributed by atoms with Crippen LogP contribution in [-0.2, 0) is 13.0 Å². The Morgan fingerprint density at radius 3 is 2.52 bits per heavy atom.